The van der Waals surface area contributed by atoms with Crippen LogP contribution in [0.15, 0.2) is 30.5 Å². The van der Waals surface area contributed by atoms with Gasteiger partial charge in [-0.1, -0.05) is 12.1 Å². The second-order valence-electron chi connectivity index (χ2n) is 5.76. The Kier molecular flexibility index (Phi) is 4.71. The smallest absolute Gasteiger partial charge is 0.407 e. The van der Waals surface area contributed by atoms with E-state index in [1.165, 1.54) is 7.11 Å². The van der Waals surface area contributed by atoms with Crippen LogP contribution in [0.4, 0.5) is 4.79 Å². The van der Waals surface area contributed by atoms with Gasteiger partial charge in [-0.2, -0.15) is 5.10 Å². The number of nitrogens with zero attached hydrogens (tertiary/aromatic N) is 4. The molecule has 1 amide bonds. The van der Waals surface area contributed by atoms with Crippen LogP contribution in [0.5, 0.6) is 0 Å². The molecular formula is C17H21N5O3. The average Bonchev–Trinajstić information content (AvgIpc) is 3.19. The molecule has 3 aromatic rings. The predicted molar refractivity (Wildman–Crippen MR) is 93.0 cm³/mol. The minimum absolute atomic E-state index is 0.0731. The van der Waals surface area contributed by atoms with E-state index in [4.69, 9.17) is 0 Å². The van der Waals surface area contributed by atoms with Gasteiger partial charge in [0.2, 0.25) is 0 Å². The molecule has 0 spiro atoms. The zero-order chi connectivity index (χ0) is 18.0. The number of aryl methyl sites for hydroxylation is 1. The van der Waals surface area contributed by atoms with Crippen molar-refractivity contribution < 1.29 is 14.6 Å². The minimum atomic E-state index is -0.544. The summed E-state index contributed by atoms with van der Waals surface area (Å²) in [6.07, 6.45) is 1.44. The third-order valence-corrected chi connectivity index (χ3v) is 4.09. The minimum Gasteiger partial charge on any atom is -0.453 e. The first-order valence-electron chi connectivity index (χ1n) is 7.99. The summed E-state index contributed by atoms with van der Waals surface area (Å²) in [6.45, 7) is 2.01. The van der Waals surface area contributed by atoms with E-state index in [2.05, 4.69) is 20.1 Å². The van der Waals surface area contributed by atoms with Gasteiger partial charge in [0, 0.05) is 29.7 Å². The van der Waals surface area contributed by atoms with Gasteiger partial charge in [0.15, 0.2) is 5.82 Å². The summed E-state index contributed by atoms with van der Waals surface area (Å²) in [7, 11) is 3.29. The molecule has 0 fully saturated rings. The Morgan fingerprint density at radius 3 is 2.92 bits per heavy atom. The molecule has 1 atom stereocenters. The van der Waals surface area contributed by atoms with Crippen LogP contribution in [0.2, 0.25) is 0 Å². The van der Waals surface area contributed by atoms with Crippen LogP contribution in [0.1, 0.15) is 18.8 Å². The zero-order valence-corrected chi connectivity index (χ0v) is 14.4. The summed E-state index contributed by atoms with van der Waals surface area (Å²) in [6, 6.07) is 7.57. The van der Waals surface area contributed by atoms with Gasteiger partial charge in [0.1, 0.15) is 5.82 Å². The van der Waals surface area contributed by atoms with Crippen molar-refractivity contribution in [1.29, 1.82) is 0 Å². The van der Waals surface area contributed by atoms with Gasteiger partial charge in [-0.25, -0.2) is 14.5 Å². The fourth-order valence-electron chi connectivity index (χ4n) is 2.85. The molecule has 1 aromatic carbocycles. The Hall–Kier alpha value is -2.87. The number of aliphatic hydroxyl groups excluding tert-OH is 1. The first kappa shape index (κ1) is 17.0. The summed E-state index contributed by atoms with van der Waals surface area (Å²) >= 11 is 0. The van der Waals surface area contributed by atoms with E-state index >= 15 is 0 Å². The van der Waals surface area contributed by atoms with Gasteiger partial charge in [0.05, 0.1) is 26.3 Å². The Labute approximate surface area is 145 Å². The fraction of sp³-hybridized carbons (Fsp3) is 0.353. The molecule has 132 valence electrons. The summed E-state index contributed by atoms with van der Waals surface area (Å²) < 4.78 is 8.28. The van der Waals surface area contributed by atoms with E-state index < -0.39 is 12.1 Å². The lowest BCUT2D eigenvalue weighted by molar-refractivity contribution is 0.166. The van der Waals surface area contributed by atoms with Crippen LogP contribution in [-0.4, -0.2) is 44.2 Å². The number of carbonyl (C=O) groups excluding carboxylic acids is 1. The van der Waals surface area contributed by atoms with E-state index in [0.717, 1.165) is 16.5 Å². The van der Waals surface area contributed by atoms with E-state index in [-0.39, 0.29) is 6.61 Å². The topological polar surface area (TPSA) is 94.2 Å². The molecule has 0 aliphatic rings. The molecule has 8 heteroatoms. The highest BCUT2D eigenvalue weighted by atomic mass is 16.5. The van der Waals surface area contributed by atoms with Gasteiger partial charge in [-0.15, -0.1) is 0 Å². The maximum atomic E-state index is 11.5. The lowest BCUT2D eigenvalue weighted by Crippen LogP contribution is -2.29. The second kappa shape index (κ2) is 6.94. The maximum absolute atomic E-state index is 11.5. The molecule has 2 aromatic heterocycles. The number of alkyl carbamates (subject to hydrolysis) is 1. The van der Waals surface area contributed by atoms with E-state index in [9.17, 15) is 9.90 Å². The van der Waals surface area contributed by atoms with Crippen molar-refractivity contribution in [3.8, 4) is 11.4 Å². The van der Waals surface area contributed by atoms with Crippen LogP contribution >= 0.6 is 0 Å². The quantitative estimate of drug-likeness (QED) is 0.737. The number of nitrogens with one attached hydrogen (secondary N) is 1. The molecule has 25 heavy (non-hydrogen) atoms. The van der Waals surface area contributed by atoms with Crippen molar-refractivity contribution in [3.63, 3.8) is 0 Å². The number of ether oxygens (including phenoxy) is 1. The lowest BCUT2D eigenvalue weighted by Gasteiger charge is -2.12. The van der Waals surface area contributed by atoms with Crippen molar-refractivity contribution >= 4 is 17.0 Å². The number of carbonyl (C=O) groups is 1. The molecule has 0 saturated heterocycles. The fourth-order valence-corrected chi connectivity index (χ4v) is 2.85. The third-order valence-electron chi connectivity index (χ3n) is 4.09. The summed E-state index contributed by atoms with van der Waals surface area (Å²) in [5.41, 5.74) is 1.99. The SMILES string of the molecule is COC(=O)NC(C)c1nc(-c2cccc3c2ccn3C)nn1CCO. The number of rotatable bonds is 5. The number of fused-ring (bicyclic) bond motifs is 1. The van der Waals surface area contributed by atoms with E-state index in [0.29, 0.717) is 18.2 Å². The van der Waals surface area contributed by atoms with Crippen LogP contribution in [0.25, 0.3) is 22.3 Å². The number of hydrogen-bond acceptors (Lipinski definition) is 5. The number of hydrogen-bond donors (Lipinski definition) is 2. The highest BCUT2D eigenvalue weighted by molar-refractivity contribution is 5.93. The standard InChI is InChI=1S/C17H21N5O3/c1-11(18-17(24)25-3)16-19-15(20-22(16)9-10-23)13-5-4-6-14-12(13)7-8-21(14)2/h4-8,11,23H,9-10H2,1-3H3,(H,18,24). The van der Waals surface area contributed by atoms with Gasteiger partial charge in [-0.05, 0) is 19.1 Å². The summed E-state index contributed by atoms with van der Waals surface area (Å²) in [5.74, 6) is 1.11. The largest absolute Gasteiger partial charge is 0.453 e. The Morgan fingerprint density at radius 1 is 1.40 bits per heavy atom. The van der Waals surface area contributed by atoms with Crippen LogP contribution in [-0.2, 0) is 18.3 Å². The van der Waals surface area contributed by atoms with E-state index in [1.54, 1.807) is 11.6 Å². The third kappa shape index (κ3) is 3.20. The molecule has 0 radical (unpaired) electrons. The first-order valence-corrected chi connectivity index (χ1v) is 7.99. The van der Waals surface area contributed by atoms with Crippen molar-refractivity contribution in [1.82, 2.24) is 24.6 Å². The summed E-state index contributed by atoms with van der Waals surface area (Å²) in [4.78, 5) is 16.1. The van der Waals surface area contributed by atoms with Crippen LogP contribution < -0.4 is 5.32 Å². The number of methoxy groups -OCH3 is 1. The molecule has 2 N–H and O–H groups in total. The Morgan fingerprint density at radius 2 is 2.20 bits per heavy atom. The molecule has 0 aliphatic heterocycles. The molecule has 0 bridgehead atoms. The average molecular weight is 343 g/mol. The van der Waals surface area contributed by atoms with Crippen LogP contribution in [0.3, 0.4) is 0 Å². The van der Waals surface area contributed by atoms with Gasteiger partial charge in [-0.3, -0.25) is 0 Å². The van der Waals surface area contributed by atoms with Gasteiger partial charge in [0.25, 0.3) is 0 Å². The summed E-state index contributed by atoms with van der Waals surface area (Å²) in [5, 5.41) is 17.6. The first-order chi connectivity index (χ1) is 12.0. The molecule has 0 aliphatic carbocycles. The predicted octanol–water partition coefficient (Wildman–Crippen LogP) is 1.85. The van der Waals surface area contributed by atoms with Crippen molar-refractivity contribution in [2.45, 2.75) is 19.5 Å². The van der Waals surface area contributed by atoms with Crippen molar-refractivity contribution in [2.75, 3.05) is 13.7 Å². The highest BCUT2D eigenvalue weighted by Crippen LogP contribution is 2.28. The maximum Gasteiger partial charge on any atom is 0.407 e. The normalized spacial score (nSPS) is 12.3. The molecule has 1 unspecified atom stereocenters. The highest BCUT2D eigenvalue weighted by Gasteiger charge is 2.20. The Balaban J connectivity index is 2.05. The molecular weight excluding hydrogens is 322 g/mol. The Bertz CT molecular complexity index is 899. The molecule has 0 saturated carbocycles. The number of benzene rings is 1. The van der Waals surface area contributed by atoms with Crippen LogP contribution in [0, 0.1) is 0 Å². The van der Waals surface area contributed by atoms with Crippen molar-refractivity contribution in [2.24, 2.45) is 7.05 Å². The number of amides is 1. The monoisotopic (exact) mass is 343 g/mol. The second-order valence-corrected chi connectivity index (χ2v) is 5.76. The molecule has 2 heterocycles. The number of aromatic nitrogens is 4. The lowest BCUT2D eigenvalue weighted by atomic mass is 10.1. The van der Waals surface area contributed by atoms with Gasteiger partial charge < -0.3 is 19.7 Å². The molecule has 3 rings (SSSR count). The number of aliphatic hydroxyl groups is 1. The molecule has 8 nitrogen and oxygen atoms in total. The van der Waals surface area contributed by atoms with Gasteiger partial charge >= 0.3 is 6.09 Å². The zero-order valence-electron chi connectivity index (χ0n) is 14.4. The van der Waals surface area contributed by atoms with E-state index in [1.807, 2.05) is 42.1 Å². The van der Waals surface area contributed by atoms with Crippen molar-refractivity contribution in [3.05, 3.63) is 36.3 Å².